The minimum Gasteiger partial charge on any atom is -0.452 e. The first kappa shape index (κ1) is 18.2. The Kier molecular flexibility index (Phi) is 6.08. The first-order valence-electron chi connectivity index (χ1n) is 8.75. The van der Waals surface area contributed by atoms with Gasteiger partial charge >= 0.3 is 5.97 Å². The van der Waals surface area contributed by atoms with Crippen molar-refractivity contribution in [1.29, 1.82) is 0 Å². The molecule has 0 radical (unpaired) electrons. The van der Waals surface area contributed by atoms with E-state index in [1.807, 2.05) is 85.8 Å². The highest BCUT2D eigenvalue weighted by molar-refractivity contribution is 6.31. The summed E-state index contributed by atoms with van der Waals surface area (Å²) >= 11 is 6.30. The minimum atomic E-state index is -0.443. The highest BCUT2D eigenvalue weighted by Crippen LogP contribution is 2.32. The smallest absolute Gasteiger partial charge is 0.314 e. The first-order chi connectivity index (χ1) is 12.7. The van der Waals surface area contributed by atoms with Crippen LogP contribution >= 0.6 is 11.6 Å². The monoisotopic (exact) mass is 364 g/mol. The first-order valence-corrected chi connectivity index (χ1v) is 9.13. The molecule has 1 atom stereocenters. The summed E-state index contributed by atoms with van der Waals surface area (Å²) in [4.78, 5) is 13.0. The number of esters is 1. The van der Waals surface area contributed by atoms with Crippen LogP contribution in [0.5, 0.6) is 0 Å². The van der Waals surface area contributed by atoms with E-state index in [-0.39, 0.29) is 5.97 Å². The van der Waals surface area contributed by atoms with Crippen LogP contribution < -0.4 is 0 Å². The van der Waals surface area contributed by atoms with Crippen LogP contribution in [-0.2, 0) is 9.53 Å². The van der Waals surface area contributed by atoms with Gasteiger partial charge in [0.25, 0.3) is 0 Å². The molecular weight excluding hydrogens is 344 g/mol. The number of carbonyl (C=O) groups excluding carboxylic acids is 1. The molecule has 132 valence electrons. The predicted molar refractivity (Wildman–Crippen MR) is 105 cm³/mol. The van der Waals surface area contributed by atoms with Crippen LogP contribution in [0.25, 0.3) is 0 Å². The van der Waals surface area contributed by atoms with E-state index in [9.17, 15) is 4.79 Å². The van der Waals surface area contributed by atoms with Crippen molar-refractivity contribution in [3.8, 4) is 0 Å². The topological polar surface area (TPSA) is 26.3 Å². The zero-order valence-electron chi connectivity index (χ0n) is 14.6. The van der Waals surface area contributed by atoms with Crippen LogP contribution in [0.3, 0.4) is 0 Å². The van der Waals surface area contributed by atoms with Crippen LogP contribution in [0.2, 0.25) is 5.02 Å². The Morgan fingerprint density at radius 3 is 1.85 bits per heavy atom. The van der Waals surface area contributed by atoms with E-state index in [4.69, 9.17) is 16.3 Å². The molecular formula is C23H21ClO2. The number of hydrogen-bond acceptors (Lipinski definition) is 2. The maximum Gasteiger partial charge on any atom is 0.314 e. The Hall–Kier alpha value is -2.58. The molecule has 3 aromatic carbocycles. The summed E-state index contributed by atoms with van der Waals surface area (Å²) in [6.45, 7) is 1.97. The van der Waals surface area contributed by atoms with Crippen molar-refractivity contribution in [1.82, 2.24) is 0 Å². The molecule has 0 fully saturated rings. The quantitative estimate of drug-likeness (QED) is 0.489. The van der Waals surface area contributed by atoms with Gasteiger partial charge < -0.3 is 4.74 Å². The largest absolute Gasteiger partial charge is 0.452 e. The molecule has 0 unspecified atom stereocenters. The minimum absolute atomic E-state index is 0.265. The van der Waals surface area contributed by atoms with Crippen molar-refractivity contribution >= 4 is 17.6 Å². The Bertz CT molecular complexity index is 807. The zero-order valence-corrected chi connectivity index (χ0v) is 15.4. The fourth-order valence-corrected chi connectivity index (χ4v) is 3.32. The lowest BCUT2D eigenvalue weighted by Crippen LogP contribution is -2.19. The second-order valence-electron chi connectivity index (χ2n) is 6.12. The molecule has 0 spiro atoms. The van der Waals surface area contributed by atoms with Gasteiger partial charge in [0.1, 0.15) is 0 Å². The molecule has 0 saturated carbocycles. The van der Waals surface area contributed by atoms with Crippen molar-refractivity contribution in [2.45, 2.75) is 25.4 Å². The molecule has 0 saturated heterocycles. The maximum absolute atomic E-state index is 13.0. The molecule has 3 aromatic rings. The third-order valence-corrected chi connectivity index (χ3v) is 4.76. The number of halogens is 1. The van der Waals surface area contributed by atoms with E-state index in [0.29, 0.717) is 11.4 Å². The summed E-state index contributed by atoms with van der Waals surface area (Å²) < 4.78 is 5.99. The van der Waals surface area contributed by atoms with Crippen LogP contribution in [0.4, 0.5) is 0 Å². The number of hydrogen-bond donors (Lipinski definition) is 0. The number of rotatable bonds is 6. The molecule has 0 aliphatic rings. The lowest BCUT2D eigenvalue weighted by Gasteiger charge is -2.23. The van der Waals surface area contributed by atoms with E-state index in [1.54, 1.807) is 6.07 Å². The van der Waals surface area contributed by atoms with Crippen LogP contribution in [0.15, 0.2) is 84.9 Å². The highest BCUT2D eigenvalue weighted by Gasteiger charge is 2.27. The van der Waals surface area contributed by atoms with Gasteiger partial charge in [-0.1, -0.05) is 97.4 Å². The van der Waals surface area contributed by atoms with E-state index in [2.05, 4.69) is 0 Å². The summed E-state index contributed by atoms with van der Waals surface area (Å²) in [5.74, 6) is -0.656. The highest BCUT2D eigenvalue weighted by atomic mass is 35.5. The second kappa shape index (κ2) is 8.68. The third kappa shape index (κ3) is 4.14. The van der Waals surface area contributed by atoms with Crippen LogP contribution in [0, 0.1) is 0 Å². The van der Waals surface area contributed by atoms with Gasteiger partial charge in [-0.3, -0.25) is 4.79 Å². The molecule has 0 aliphatic carbocycles. The van der Waals surface area contributed by atoms with Crippen LogP contribution in [0.1, 0.15) is 42.1 Å². The Balaban J connectivity index is 1.91. The summed E-state index contributed by atoms with van der Waals surface area (Å²) in [5.41, 5.74) is 2.70. The molecule has 26 heavy (non-hydrogen) atoms. The number of carbonyl (C=O) groups is 1. The van der Waals surface area contributed by atoms with Crippen molar-refractivity contribution in [2.75, 3.05) is 0 Å². The molecule has 0 aliphatic heterocycles. The summed E-state index contributed by atoms with van der Waals surface area (Å²) in [6, 6.07) is 27.0. The number of ether oxygens (including phenoxy) is 1. The lowest BCUT2D eigenvalue weighted by atomic mass is 9.96. The second-order valence-corrected chi connectivity index (χ2v) is 6.53. The summed E-state index contributed by atoms with van der Waals surface area (Å²) in [6.07, 6.45) is 0.181. The Morgan fingerprint density at radius 1 is 0.846 bits per heavy atom. The number of benzene rings is 3. The van der Waals surface area contributed by atoms with Crippen molar-refractivity contribution < 1.29 is 9.53 Å². The normalized spacial score (nSPS) is 12.0. The van der Waals surface area contributed by atoms with Crippen molar-refractivity contribution in [2.24, 2.45) is 0 Å². The fourth-order valence-electron chi connectivity index (χ4n) is 3.05. The SMILES string of the molecule is CC[C@@H](C(=O)OC(c1ccccc1)c1ccccc1)c1ccccc1Cl. The molecule has 0 heterocycles. The van der Waals surface area contributed by atoms with Gasteiger partial charge in [0.15, 0.2) is 6.10 Å². The van der Waals surface area contributed by atoms with Gasteiger partial charge in [-0.2, -0.15) is 0 Å². The molecule has 0 N–H and O–H groups in total. The Morgan fingerprint density at radius 2 is 1.35 bits per heavy atom. The standard InChI is InChI=1S/C23H21ClO2/c1-2-19(20-15-9-10-16-21(20)24)23(25)26-22(17-11-5-3-6-12-17)18-13-7-4-8-14-18/h3-16,19,22H,2H2,1H3/t19-/m1/s1. The average Bonchev–Trinajstić information content (AvgIpc) is 2.69. The molecule has 2 nitrogen and oxygen atoms in total. The van der Waals surface area contributed by atoms with Gasteiger partial charge in [-0.15, -0.1) is 0 Å². The molecule has 3 heteroatoms. The van der Waals surface area contributed by atoms with Gasteiger partial charge in [0, 0.05) is 5.02 Å². The van der Waals surface area contributed by atoms with E-state index < -0.39 is 12.0 Å². The van der Waals surface area contributed by atoms with Gasteiger partial charge in [-0.25, -0.2) is 0 Å². The Labute approximate surface area is 159 Å². The summed E-state index contributed by atoms with van der Waals surface area (Å²) in [5, 5.41) is 0.590. The van der Waals surface area contributed by atoms with E-state index >= 15 is 0 Å². The van der Waals surface area contributed by atoms with Crippen LogP contribution in [-0.4, -0.2) is 5.97 Å². The van der Waals surface area contributed by atoms with Gasteiger partial charge in [0.05, 0.1) is 5.92 Å². The van der Waals surface area contributed by atoms with E-state index in [0.717, 1.165) is 16.7 Å². The zero-order chi connectivity index (χ0) is 18.4. The molecule has 0 aromatic heterocycles. The maximum atomic E-state index is 13.0. The van der Waals surface area contributed by atoms with E-state index in [1.165, 1.54) is 0 Å². The third-order valence-electron chi connectivity index (χ3n) is 4.41. The van der Waals surface area contributed by atoms with Gasteiger partial charge in [-0.05, 0) is 29.2 Å². The summed E-state index contributed by atoms with van der Waals surface area (Å²) in [7, 11) is 0. The molecule has 3 rings (SSSR count). The van der Waals surface area contributed by atoms with Crippen molar-refractivity contribution in [3.05, 3.63) is 107 Å². The van der Waals surface area contributed by atoms with Gasteiger partial charge in [0.2, 0.25) is 0 Å². The lowest BCUT2D eigenvalue weighted by molar-refractivity contribution is -0.149. The fraction of sp³-hybridized carbons (Fsp3) is 0.174. The molecule has 0 bridgehead atoms. The molecule has 0 amide bonds. The predicted octanol–water partition coefficient (Wildman–Crippen LogP) is 6.17. The average molecular weight is 365 g/mol. The van der Waals surface area contributed by atoms with Crippen molar-refractivity contribution in [3.63, 3.8) is 0 Å².